The lowest BCUT2D eigenvalue weighted by atomic mass is 9.79. The molecule has 1 unspecified atom stereocenters. The Balaban J connectivity index is 0.965. The van der Waals surface area contributed by atoms with Gasteiger partial charge in [0, 0.05) is 49.5 Å². The summed E-state index contributed by atoms with van der Waals surface area (Å²) in [5, 5.41) is 8.31. The number of urea groups is 1. The number of nitrogens with one attached hydrogen (secondary N) is 3. The van der Waals surface area contributed by atoms with Crippen molar-refractivity contribution in [1.29, 1.82) is 0 Å². The van der Waals surface area contributed by atoms with E-state index in [1.54, 1.807) is 12.3 Å². The van der Waals surface area contributed by atoms with Crippen LogP contribution in [0.1, 0.15) is 29.5 Å². The second kappa shape index (κ2) is 10.0. The molecule has 216 valence electrons. The molecule has 6 rings (SSSR count). The molecule has 1 aromatic carbocycles. The lowest BCUT2D eigenvalue weighted by molar-refractivity contribution is -0.203. The fourth-order valence-electron chi connectivity index (χ4n) is 6.24. The molecule has 4 aliphatic rings. The Morgan fingerprint density at radius 2 is 1.78 bits per heavy atom. The number of aromatic nitrogens is 1. The van der Waals surface area contributed by atoms with Crippen molar-refractivity contribution in [2.75, 3.05) is 43.4 Å². The number of pyridine rings is 1. The third kappa shape index (κ3) is 4.97. The Morgan fingerprint density at radius 3 is 2.51 bits per heavy atom. The Hall–Kier alpha value is -4.16. The number of amides is 5. The predicted octanol–water partition coefficient (Wildman–Crippen LogP) is 2.45. The van der Waals surface area contributed by atoms with E-state index in [1.807, 2.05) is 24.3 Å². The van der Waals surface area contributed by atoms with Gasteiger partial charge in [0.15, 0.2) is 0 Å². The summed E-state index contributed by atoms with van der Waals surface area (Å²) < 4.78 is 38.1. The molecule has 5 amide bonds. The average Bonchev–Trinajstić information content (AvgIpc) is 3.42. The molecule has 41 heavy (non-hydrogen) atoms. The molecule has 2 saturated heterocycles. The van der Waals surface area contributed by atoms with Crippen LogP contribution in [-0.2, 0) is 32.6 Å². The van der Waals surface area contributed by atoms with Gasteiger partial charge in [0.05, 0.1) is 17.9 Å². The molecule has 4 heterocycles. The lowest BCUT2D eigenvalue weighted by Crippen LogP contribution is -2.59. The Bertz CT molecular complexity index is 1420. The summed E-state index contributed by atoms with van der Waals surface area (Å²) in [6.45, 7) is -0.350. The van der Waals surface area contributed by atoms with E-state index < -0.39 is 35.4 Å². The molecule has 1 spiro atoms. The zero-order valence-corrected chi connectivity index (χ0v) is 22.1. The molecular formula is C28H29F3N6O4. The van der Waals surface area contributed by atoms with Crippen molar-refractivity contribution in [3.05, 3.63) is 53.2 Å². The Morgan fingerprint density at radius 1 is 1.05 bits per heavy atom. The summed E-state index contributed by atoms with van der Waals surface area (Å²) >= 11 is 0. The molecule has 0 saturated carbocycles. The van der Waals surface area contributed by atoms with E-state index in [9.17, 15) is 32.3 Å². The van der Waals surface area contributed by atoms with Gasteiger partial charge in [-0.05, 0) is 55.0 Å². The van der Waals surface area contributed by atoms with Gasteiger partial charge in [-0.15, -0.1) is 0 Å². The van der Waals surface area contributed by atoms with Crippen molar-refractivity contribution < 1.29 is 32.3 Å². The lowest BCUT2D eigenvalue weighted by Gasteiger charge is -2.43. The maximum Gasteiger partial charge on any atom is 0.395 e. The maximum atomic E-state index is 12.9. The molecule has 2 fully saturated rings. The van der Waals surface area contributed by atoms with E-state index in [-0.39, 0.29) is 44.5 Å². The highest BCUT2D eigenvalue weighted by Crippen LogP contribution is 2.47. The highest BCUT2D eigenvalue weighted by atomic mass is 19.4. The van der Waals surface area contributed by atoms with Crippen LogP contribution >= 0.6 is 0 Å². The fourth-order valence-corrected chi connectivity index (χ4v) is 6.24. The maximum absolute atomic E-state index is 12.9. The zero-order valence-electron chi connectivity index (χ0n) is 22.1. The van der Waals surface area contributed by atoms with E-state index in [0.29, 0.717) is 37.2 Å². The number of nitrogens with zero attached hydrogens (tertiary/aromatic N) is 3. The van der Waals surface area contributed by atoms with E-state index in [0.717, 1.165) is 16.7 Å². The molecule has 1 aliphatic carbocycles. The second-order valence-corrected chi connectivity index (χ2v) is 11.2. The smallest absolute Gasteiger partial charge is 0.347 e. The van der Waals surface area contributed by atoms with E-state index in [2.05, 4.69) is 20.9 Å². The Kier molecular flexibility index (Phi) is 6.62. The minimum atomic E-state index is -4.30. The quantitative estimate of drug-likeness (QED) is 0.521. The SMILES string of the molecule is O=C(CNC(=O)C1CCN(C(=O)N2CC(C(F)(F)F)C2)CC1)Nc1ccc2c(c1)CC1(C2)C(=O)Nc2ncccc21. The first kappa shape index (κ1) is 27.0. The first-order valence-electron chi connectivity index (χ1n) is 13.6. The van der Waals surface area contributed by atoms with Crippen LogP contribution < -0.4 is 16.0 Å². The van der Waals surface area contributed by atoms with Gasteiger partial charge in [-0.25, -0.2) is 9.78 Å². The zero-order chi connectivity index (χ0) is 28.9. The first-order valence-corrected chi connectivity index (χ1v) is 13.6. The van der Waals surface area contributed by atoms with E-state index in [1.165, 1.54) is 9.80 Å². The van der Waals surface area contributed by atoms with E-state index >= 15 is 0 Å². The van der Waals surface area contributed by atoms with Crippen LogP contribution in [-0.4, -0.2) is 77.4 Å². The van der Waals surface area contributed by atoms with Gasteiger partial charge in [-0.1, -0.05) is 12.1 Å². The number of carbonyl (C=O) groups excluding carboxylic acids is 4. The van der Waals surface area contributed by atoms with Crippen molar-refractivity contribution in [2.45, 2.75) is 37.3 Å². The molecule has 10 nitrogen and oxygen atoms in total. The monoisotopic (exact) mass is 570 g/mol. The summed E-state index contributed by atoms with van der Waals surface area (Å²) in [4.78, 5) is 57.5. The molecular weight excluding hydrogens is 541 g/mol. The number of benzene rings is 1. The fraction of sp³-hybridized carbons (Fsp3) is 0.464. The van der Waals surface area contributed by atoms with Crippen molar-refractivity contribution in [3.8, 4) is 0 Å². The van der Waals surface area contributed by atoms with Crippen LogP contribution in [0.4, 0.5) is 29.5 Å². The standard InChI is InChI=1S/C28H29F3N6O4/c29-28(30,31)19-14-37(15-19)26(41)36-8-5-16(6-9-36)24(39)33-13-22(38)34-20-4-3-17-11-27(12-18(17)10-20)21-2-1-7-32-23(21)35-25(27)40/h1-4,7,10,16,19H,5-6,8-9,11-15H2,(H,33,39)(H,34,38)(H,32,35,40). The van der Waals surface area contributed by atoms with Gasteiger partial charge in [-0.2, -0.15) is 13.2 Å². The number of piperidine rings is 1. The number of alkyl halides is 3. The van der Waals surface area contributed by atoms with Crippen LogP contribution in [0, 0.1) is 11.8 Å². The molecule has 1 aromatic heterocycles. The van der Waals surface area contributed by atoms with Crippen molar-refractivity contribution >= 4 is 35.3 Å². The predicted molar refractivity (Wildman–Crippen MR) is 141 cm³/mol. The van der Waals surface area contributed by atoms with Gasteiger partial charge in [-0.3, -0.25) is 14.4 Å². The van der Waals surface area contributed by atoms with Gasteiger partial charge in [0.1, 0.15) is 5.82 Å². The normalized spacial score (nSPS) is 22.2. The van der Waals surface area contributed by atoms with E-state index in [4.69, 9.17) is 0 Å². The number of rotatable bonds is 4. The van der Waals surface area contributed by atoms with Gasteiger partial charge < -0.3 is 25.8 Å². The molecule has 1 atom stereocenters. The van der Waals surface area contributed by atoms with Crippen LogP contribution in [0.15, 0.2) is 36.5 Å². The number of hydrogen-bond acceptors (Lipinski definition) is 5. The first-order chi connectivity index (χ1) is 19.5. The number of halogens is 3. The van der Waals surface area contributed by atoms with Crippen molar-refractivity contribution in [1.82, 2.24) is 20.1 Å². The minimum absolute atomic E-state index is 0.0819. The summed E-state index contributed by atoms with van der Waals surface area (Å²) in [6.07, 6.45) is -0.870. The number of fused-ring (bicyclic) bond motifs is 3. The molecule has 3 N–H and O–H groups in total. The molecule has 13 heteroatoms. The largest absolute Gasteiger partial charge is 0.395 e. The summed E-state index contributed by atoms with van der Waals surface area (Å²) in [6, 6.07) is 8.83. The van der Waals surface area contributed by atoms with Crippen molar-refractivity contribution in [3.63, 3.8) is 0 Å². The van der Waals surface area contributed by atoms with Crippen molar-refractivity contribution in [2.24, 2.45) is 11.8 Å². The number of anilines is 2. The third-order valence-electron chi connectivity index (χ3n) is 8.64. The summed E-state index contributed by atoms with van der Waals surface area (Å²) in [7, 11) is 0. The van der Waals surface area contributed by atoms with Crippen LogP contribution in [0.2, 0.25) is 0 Å². The molecule has 3 aliphatic heterocycles. The summed E-state index contributed by atoms with van der Waals surface area (Å²) in [5.74, 6) is -2.06. The average molecular weight is 571 g/mol. The number of carbonyl (C=O) groups is 4. The van der Waals surface area contributed by atoms with Gasteiger partial charge in [0.25, 0.3) is 0 Å². The molecule has 2 aromatic rings. The molecule has 0 radical (unpaired) electrons. The summed E-state index contributed by atoms with van der Waals surface area (Å²) in [5.41, 5.74) is 2.73. The van der Waals surface area contributed by atoms with Gasteiger partial charge in [0.2, 0.25) is 17.7 Å². The minimum Gasteiger partial charge on any atom is -0.347 e. The highest BCUT2D eigenvalue weighted by Gasteiger charge is 2.51. The molecule has 0 bridgehead atoms. The number of hydrogen-bond donors (Lipinski definition) is 3. The number of likely N-dealkylation sites (tertiary alicyclic amines) is 2. The third-order valence-corrected chi connectivity index (χ3v) is 8.64. The topological polar surface area (TPSA) is 124 Å². The van der Waals surface area contributed by atoms with Crippen LogP contribution in [0.5, 0.6) is 0 Å². The van der Waals surface area contributed by atoms with Gasteiger partial charge >= 0.3 is 12.2 Å². The van der Waals surface area contributed by atoms with Crippen LogP contribution in [0.3, 0.4) is 0 Å². The van der Waals surface area contributed by atoms with Crippen LogP contribution in [0.25, 0.3) is 0 Å². The second-order valence-electron chi connectivity index (χ2n) is 11.2. The Labute approximate surface area is 233 Å². The highest BCUT2D eigenvalue weighted by molar-refractivity contribution is 6.06.